The number of allylic oxidation sites excluding steroid dienone is 2. The van der Waals surface area contributed by atoms with Crippen LogP contribution in [0.5, 0.6) is 5.75 Å². The summed E-state index contributed by atoms with van der Waals surface area (Å²) < 4.78 is 10.9. The lowest BCUT2D eigenvalue weighted by Gasteiger charge is -2.32. The Kier molecular flexibility index (Phi) is 4.24. The molecule has 1 aromatic carbocycles. The van der Waals surface area contributed by atoms with E-state index in [-0.39, 0.29) is 0 Å². The summed E-state index contributed by atoms with van der Waals surface area (Å²) in [6.45, 7) is 4.18. The van der Waals surface area contributed by atoms with Crippen LogP contribution in [0, 0.1) is 0 Å². The SMILES string of the molecule is COc1cc(N2CCOCC2)c(C2=CCN(C)C=C2)cc1N. The fourth-order valence-electron chi connectivity index (χ4n) is 2.84. The van der Waals surface area contributed by atoms with E-state index < -0.39 is 0 Å². The van der Waals surface area contributed by atoms with E-state index in [1.165, 1.54) is 5.57 Å². The Morgan fingerprint density at radius 2 is 2.00 bits per heavy atom. The molecule has 0 aromatic heterocycles. The Balaban J connectivity index is 2.03. The van der Waals surface area contributed by atoms with Crippen LogP contribution < -0.4 is 15.4 Å². The molecule has 2 N–H and O–H groups in total. The smallest absolute Gasteiger partial charge is 0.143 e. The molecule has 2 aliphatic heterocycles. The summed E-state index contributed by atoms with van der Waals surface area (Å²) in [6.07, 6.45) is 6.46. The predicted octanol–water partition coefficient (Wildman–Crippen LogP) is 1.96. The number of hydrogen-bond acceptors (Lipinski definition) is 5. The molecule has 1 aromatic rings. The second-order valence-electron chi connectivity index (χ2n) is 5.63. The number of methoxy groups -OCH3 is 1. The van der Waals surface area contributed by atoms with Crippen LogP contribution in [-0.4, -0.2) is 51.9 Å². The van der Waals surface area contributed by atoms with Crippen molar-refractivity contribution in [2.75, 3.05) is 57.6 Å². The molecule has 0 aliphatic carbocycles. The van der Waals surface area contributed by atoms with Gasteiger partial charge in [-0.25, -0.2) is 0 Å². The number of nitrogens with two attached hydrogens (primary N) is 1. The van der Waals surface area contributed by atoms with Gasteiger partial charge < -0.3 is 25.0 Å². The van der Waals surface area contributed by atoms with Crippen LogP contribution in [0.4, 0.5) is 11.4 Å². The maximum Gasteiger partial charge on any atom is 0.143 e. The molecule has 0 spiro atoms. The molecule has 0 atom stereocenters. The van der Waals surface area contributed by atoms with Crippen molar-refractivity contribution < 1.29 is 9.47 Å². The van der Waals surface area contributed by atoms with Gasteiger partial charge in [-0.15, -0.1) is 0 Å². The van der Waals surface area contributed by atoms with Crippen LogP contribution >= 0.6 is 0 Å². The maximum absolute atomic E-state index is 6.13. The number of nitrogens with zero attached hydrogens (tertiary/aromatic N) is 2. The van der Waals surface area contributed by atoms with Crippen molar-refractivity contribution in [3.63, 3.8) is 0 Å². The van der Waals surface area contributed by atoms with E-state index >= 15 is 0 Å². The van der Waals surface area contributed by atoms with Gasteiger partial charge >= 0.3 is 0 Å². The number of morpholine rings is 1. The van der Waals surface area contributed by atoms with E-state index in [2.05, 4.69) is 35.2 Å². The highest BCUT2D eigenvalue weighted by Crippen LogP contribution is 2.37. The Morgan fingerprint density at radius 1 is 1.23 bits per heavy atom. The quantitative estimate of drug-likeness (QED) is 0.865. The molecule has 118 valence electrons. The van der Waals surface area contributed by atoms with Gasteiger partial charge in [-0.2, -0.15) is 0 Å². The van der Waals surface area contributed by atoms with Gasteiger partial charge in [0.05, 0.1) is 26.0 Å². The number of anilines is 2. The first-order valence-electron chi connectivity index (χ1n) is 7.58. The van der Waals surface area contributed by atoms with Crippen molar-refractivity contribution in [2.45, 2.75) is 0 Å². The summed E-state index contributed by atoms with van der Waals surface area (Å²) in [7, 11) is 3.72. The summed E-state index contributed by atoms with van der Waals surface area (Å²) in [6, 6.07) is 4.06. The number of nitrogen functional groups attached to an aromatic ring is 1. The standard InChI is InChI=1S/C17H23N3O2/c1-19-5-3-13(4-6-19)14-11-15(18)17(21-2)12-16(14)20-7-9-22-10-8-20/h3-5,11-12H,6-10,18H2,1-2H3. The zero-order valence-corrected chi connectivity index (χ0v) is 13.2. The van der Waals surface area contributed by atoms with Crippen LogP contribution in [0.1, 0.15) is 5.56 Å². The summed E-state index contributed by atoms with van der Waals surface area (Å²) in [5, 5.41) is 0. The van der Waals surface area contributed by atoms with Gasteiger partial charge in [0.1, 0.15) is 5.75 Å². The minimum absolute atomic E-state index is 0.669. The molecule has 1 fully saturated rings. The number of benzene rings is 1. The lowest BCUT2D eigenvalue weighted by molar-refractivity contribution is 0.122. The van der Waals surface area contributed by atoms with Crippen LogP contribution in [0.25, 0.3) is 5.57 Å². The van der Waals surface area contributed by atoms with Crippen LogP contribution in [0.3, 0.4) is 0 Å². The van der Waals surface area contributed by atoms with Gasteiger partial charge in [0, 0.05) is 44.0 Å². The van der Waals surface area contributed by atoms with E-state index in [1.807, 2.05) is 12.1 Å². The molecule has 2 aliphatic rings. The Bertz CT molecular complexity index is 604. The van der Waals surface area contributed by atoms with E-state index in [4.69, 9.17) is 15.2 Å². The van der Waals surface area contributed by atoms with Crippen molar-refractivity contribution in [3.05, 3.63) is 36.0 Å². The largest absolute Gasteiger partial charge is 0.495 e. The minimum Gasteiger partial charge on any atom is -0.495 e. The molecule has 0 amide bonds. The van der Waals surface area contributed by atoms with E-state index in [0.29, 0.717) is 5.69 Å². The van der Waals surface area contributed by atoms with E-state index in [1.54, 1.807) is 7.11 Å². The first-order chi connectivity index (χ1) is 10.7. The summed E-state index contributed by atoms with van der Waals surface area (Å²) in [5.74, 6) is 0.725. The number of hydrogen-bond donors (Lipinski definition) is 1. The van der Waals surface area contributed by atoms with Gasteiger partial charge in [0.2, 0.25) is 0 Å². The normalized spacial score (nSPS) is 18.4. The van der Waals surface area contributed by atoms with Crippen LogP contribution in [-0.2, 0) is 4.74 Å². The molecule has 0 radical (unpaired) electrons. The Hall–Kier alpha value is -2.14. The number of likely N-dealkylation sites (N-methyl/N-ethyl adjacent to an activating group) is 1. The fourth-order valence-corrected chi connectivity index (χ4v) is 2.84. The summed E-state index contributed by atoms with van der Waals surface area (Å²) >= 11 is 0. The van der Waals surface area contributed by atoms with Gasteiger partial charge in [-0.05, 0) is 23.9 Å². The maximum atomic E-state index is 6.13. The molecule has 0 unspecified atom stereocenters. The second kappa shape index (κ2) is 6.32. The van der Waals surface area contributed by atoms with Crippen molar-refractivity contribution in [1.29, 1.82) is 0 Å². The lowest BCUT2D eigenvalue weighted by Crippen LogP contribution is -2.36. The van der Waals surface area contributed by atoms with Gasteiger partial charge in [-0.3, -0.25) is 0 Å². The third-order valence-electron chi connectivity index (χ3n) is 4.12. The summed E-state index contributed by atoms with van der Waals surface area (Å²) in [5.41, 5.74) is 10.3. The highest BCUT2D eigenvalue weighted by Gasteiger charge is 2.19. The first-order valence-corrected chi connectivity index (χ1v) is 7.58. The highest BCUT2D eigenvalue weighted by molar-refractivity contribution is 5.86. The third-order valence-corrected chi connectivity index (χ3v) is 4.12. The molecule has 0 saturated carbocycles. The summed E-state index contributed by atoms with van der Waals surface area (Å²) in [4.78, 5) is 4.48. The molecule has 1 saturated heterocycles. The Labute approximate surface area is 131 Å². The zero-order valence-electron chi connectivity index (χ0n) is 13.2. The second-order valence-corrected chi connectivity index (χ2v) is 5.63. The van der Waals surface area contributed by atoms with Crippen molar-refractivity contribution in [3.8, 4) is 5.75 Å². The topological polar surface area (TPSA) is 51.0 Å². The number of rotatable bonds is 3. The molecule has 0 bridgehead atoms. The van der Waals surface area contributed by atoms with Crippen molar-refractivity contribution in [1.82, 2.24) is 4.90 Å². The molecule has 2 heterocycles. The fraction of sp³-hybridized carbons (Fsp3) is 0.412. The van der Waals surface area contributed by atoms with Crippen LogP contribution in [0.2, 0.25) is 0 Å². The highest BCUT2D eigenvalue weighted by atomic mass is 16.5. The minimum atomic E-state index is 0.669. The van der Waals surface area contributed by atoms with Gasteiger partial charge in [0.15, 0.2) is 0 Å². The molecule has 5 nitrogen and oxygen atoms in total. The van der Waals surface area contributed by atoms with Gasteiger partial charge in [0.25, 0.3) is 0 Å². The van der Waals surface area contributed by atoms with Crippen molar-refractivity contribution >= 4 is 16.9 Å². The molecule has 5 heteroatoms. The average Bonchev–Trinajstić information content (AvgIpc) is 2.56. The zero-order chi connectivity index (χ0) is 15.5. The van der Waals surface area contributed by atoms with E-state index in [9.17, 15) is 0 Å². The van der Waals surface area contributed by atoms with Gasteiger partial charge in [-0.1, -0.05) is 6.08 Å². The monoisotopic (exact) mass is 301 g/mol. The predicted molar refractivity (Wildman–Crippen MR) is 90.2 cm³/mol. The van der Waals surface area contributed by atoms with Crippen LogP contribution in [0.15, 0.2) is 30.5 Å². The third kappa shape index (κ3) is 2.90. The first kappa shape index (κ1) is 14.8. The molecular weight excluding hydrogens is 278 g/mol. The molecule has 3 rings (SSSR count). The molecule has 22 heavy (non-hydrogen) atoms. The Morgan fingerprint density at radius 3 is 2.64 bits per heavy atom. The lowest BCUT2D eigenvalue weighted by atomic mass is 9.99. The average molecular weight is 301 g/mol. The molecular formula is C17H23N3O2. The number of ether oxygens (including phenoxy) is 2. The van der Waals surface area contributed by atoms with E-state index in [0.717, 1.165) is 49.8 Å². The van der Waals surface area contributed by atoms with Crippen molar-refractivity contribution in [2.24, 2.45) is 0 Å².